The summed E-state index contributed by atoms with van der Waals surface area (Å²) in [7, 11) is 1.76. The second kappa shape index (κ2) is 8.41. The summed E-state index contributed by atoms with van der Waals surface area (Å²) < 4.78 is 5.26. The van der Waals surface area contributed by atoms with Gasteiger partial charge in [-0.2, -0.15) is 0 Å². The molecule has 1 fully saturated rings. The van der Waals surface area contributed by atoms with Crippen molar-refractivity contribution in [2.75, 3.05) is 33.4 Å². The molecule has 0 saturated carbocycles. The van der Waals surface area contributed by atoms with E-state index in [0.717, 1.165) is 45.6 Å². The molecule has 0 radical (unpaired) electrons. The van der Waals surface area contributed by atoms with Crippen molar-refractivity contribution in [3.63, 3.8) is 0 Å². The van der Waals surface area contributed by atoms with E-state index in [1.807, 2.05) is 11.3 Å². The highest BCUT2D eigenvalue weighted by atomic mass is 32.1. The van der Waals surface area contributed by atoms with E-state index in [4.69, 9.17) is 9.72 Å². The van der Waals surface area contributed by atoms with Crippen LogP contribution in [0.25, 0.3) is 0 Å². The van der Waals surface area contributed by atoms with Gasteiger partial charge in [0.2, 0.25) is 0 Å². The normalized spacial score (nSPS) is 21.1. The summed E-state index contributed by atoms with van der Waals surface area (Å²) in [5, 5.41) is 5.02. The molecule has 1 aliphatic rings. The Balaban J connectivity index is 1.78. The highest BCUT2D eigenvalue weighted by Crippen LogP contribution is 2.36. The van der Waals surface area contributed by atoms with Gasteiger partial charge >= 0.3 is 0 Å². The van der Waals surface area contributed by atoms with E-state index in [-0.39, 0.29) is 5.54 Å². The summed E-state index contributed by atoms with van der Waals surface area (Å²) in [4.78, 5) is 8.88. The van der Waals surface area contributed by atoms with Crippen molar-refractivity contribution in [3.8, 4) is 0 Å². The first-order valence-electron chi connectivity index (χ1n) is 9.14. The lowest BCUT2D eigenvalue weighted by molar-refractivity contribution is 0.181. The number of nitrogens with one attached hydrogen (secondary N) is 1. The van der Waals surface area contributed by atoms with Gasteiger partial charge in [-0.3, -0.25) is 4.90 Å². The van der Waals surface area contributed by atoms with Gasteiger partial charge in [-0.15, -0.1) is 11.3 Å². The van der Waals surface area contributed by atoms with Crippen molar-refractivity contribution in [2.24, 2.45) is 0 Å². The van der Waals surface area contributed by atoms with Crippen LogP contribution in [-0.2, 0) is 23.2 Å². The smallest absolute Gasteiger partial charge is 0.115 e. The molecule has 5 heteroatoms. The third-order valence-electron chi connectivity index (χ3n) is 5.00. The van der Waals surface area contributed by atoms with Crippen molar-refractivity contribution >= 4 is 11.3 Å². The Labute approximate surface area is 155 Å². The molecule has 0 spiro atoms. The van der Waals surface area contributed by atoms with Crippen LogP contribution in [-0.4, -0.2) is 43.2 Å². The Hall–Kier alpha value is -1.27. The second-order valence-corrected chi connectivity index (χ2v) is 8.03. The molecular weight excluding hydrogens is 330 g/mol. The summed E-state index contributed by atoms with van der Waals surface area (Å²) >= 11 is 1.86. The van der Waals surface area contributed by atoms with Gasteiger partial charge in [-0.25, -0.2) is 4.98 Å². The predicted octanol–water partition coefficient (Wildman–Crippen LogP) is 3.35. The number of methoxy groups -OCH3 is 1. The molecule has 1 aromatic heterocycles. The Morgan fingerprint density at radius 3 is 2.80 bits per heavy atom. The number of aromatic nitrogens is 1. The topological polar surface area (TPSA) is 37.4 Å². The number of thiazole rings is 1. The number of benzene rings is 1. The van der Waals surface area contributed by atoms with E-state index in [0.29, 0.717) is 0 Å². The molecule has 0 amide bonds. The maximum absolute atomic E-state index is 5.26. The fourth-order valence-corrected chi connectivity index (χ4v) is 4.80. The summed E-state index contributed by atoms with van der Waals surface area (Å²) in [6.45, 7) is 9.06. The minimum atomic E-state index is -0.0455. The molecule has 1 aliphatic heterocycles. The molecule has 1 unspecified atom stereocenters. The van der Waals surface area contributed by atoms with Gasteiger partial charge < -0.3 is 10.1 Å². The standard InChI is InChI=1S/C20H29N3OS/c1-4-18-16(2)25-19(22-18)20(21-11-13-24-3)10-12-23(15-20)14-17-8-6-5-7-9-17/h5-9,21H,4,10-15H2,1-3H3. The van der Waals surface area contributed by atoms with Crippen molar-refractivity contribution in [1.29, 1.82) is 0 Å². The van der Waals surface area contributed by atoms with Crippen LogP contribution in [0, 0.1) is 6.92 Å². The van der Waals surface area contributed by atoms with Crippen molar-refractivity contribution in [1.82, 2.24) is 15.2 Å². The van der Waals surface area contributed by atoms with E-state index >= 15 is 0 Å². The van der Waals surface area contributed by atoms with Crippen molar-refractivity contribution in [3.05, 3.63) is 51.5 Å². The number of nitrogens with zero attached hydrogens (tertiary/aromatic N) is 2. The van der Waals surface area contributed by atoms with Gasteiger partial charge in [0.25, 0.3) is 0 Å². The fraction of sp³-hybridized carbons (Fsp3) is 0.550. The van der Waals surface area contributed by atoms with Crippen LogP contribution < -0.4 is 5.32 Å². The first kappa shape index (κ1) is 18.5. The fourth-order valence-electron chi connectivity index (χ4n) is 3.61. The van der Waals surface area contributed by atoms with Crippen LogP contribution >= 0.6 is 11.3 Å². The van der Waals surface area contributed by atoms with Crippen LogP contribution in [0.4, 0.5) is 0 Å². The number of hydrogen-bond donors (Lipinski definition) is 1. The molecule has 0 aliphatic carbocycles. The van der Waals surface area contributed by atoms with E-state index < -0.39 is 0 Å². The van der Waals surface area contributed by atoms with E-state index in [1.165, 1.54) is 21.1 Å². The second-order valence-electron chi connectivity index (χ2n) is 6.82. The number of rotatable bonds is 8. The average molecular weight is 360 g/mol. The lowest BCUT2D eigenvalue weighted by atomic mass is 9.99. The van der Waals surface area contributed by atoms with Gasteiger partial charge in [0.1, 0.15) is 5.01 Å². The van der Waals surface area contributed by atoms with E-state index in [2.05, 4.69) is 54.4 Å². The first-order chi connectivity index (χ1) is 12.2. The van der Waals surface area contributed by atoms with Crippen LogP contribution in [0.15, 0.2) is 30.3 Å². The average Bonchev–Trinajstić information content (AvgIpc) is 3.20. The molecule has 1 N–H and O–H groups in total. The molecule has 1 atom stereocenters. The first-order valence-corrected chi connectivity index (χ1v) is 9.95. The largest absolute Gasteiger partial charge is 0.383 e. The quantitative estimate of drug-likeness (QED) is 0.734. The maximum atomic E-state index is 5.26. The van der Waals surface area contributed by atoms with Crippen LogP contribution in [0.2, 0.25) is 0 Å². The minimum Gasteiger partial charge on any atom is -0.383 e. The molecule has 2 aromatic rings. The number of hydrogen-bond acceptors (Lipinski definition) is 5. The molecule has 136 valence electrons. The van der Waals surface area contributed by atoms with Gasteiger partial charge in [0, 0.05) is 38.2 Å². The van der Waals surface area contributed by atoms with Gasteiger partial charge in [0.05, 0.1) is 17.8 Å². The number of likely N-dealkylation sites (tertiary alicyclic amines) is 1. The molecule has 3 rings (SSSR count). The summed E-state index contributed by atoms with van der Waals surface area (Å²) in [5.74, 6) is 0. The van der Waals surface area contributed by atoms with Crippen LogP contribution in [0.1, 0.15) is 34.5 Å². The van der Waals surface area contributed by atoms with Crippen molar-refractivity contribution < 1.29 is 4.74 Å². The monoisotopic (exact) mass is 359 g/mol. The summed E-state index contributed by atoms with van der Waals surface area (Å²) in [6.07, 6.45) is 2.10. The molecular formula is C20H29N3OS. The van der Waals surface area contributed by atoms with Crippen LogP contribution in [0.5, 0.6) is 0 Å². The zero-order valence-electron chi connectivity index (χ0n) is 15.5. The number of ether oxygens (including phenoxy) is 1. The van der Waals surface area contributed by atoms with Crippen molar-refractivity contribution in [2.45, 2.75) is 38.8 Å². The molecule has 2 heterocycles. The molecule has 1 aromatic carbocycles. The third-order valence-corrected chi connectivity index (χ3v) is 6.22. The van der Waals surface area contributed by atoms with Crippen LogP contribution in [0.3, 0.4) is 0 Å². The molecule has 0 bridgehead atoms. The minimum absolute atomic E-state index is 0.0455. The Morgan fingerprint density at radius 2 is 2.12 bits per heavy atom. The highest BCUT2D eigenvalue weighted by Gasteiger charge is 2.41. The molecule has 25 heavy (non-hydrogen) atoms. The third kappa shape index (κ3) is 4.29. The molecule has 1 saturated heterocycles. The predicted molar refractivity (Wildman–Crippen MR) is 104 cm³/mol. The lowest BCUT2D eigenvalue weighted by Gasteiger charge is -2.29. The Kier molecular flexibility index (Phi) is 6.23. The molecule has 4 nitrogen and oxygen atoms in total. The highest BCUT2D eigenvalue weighted by molar-refractivity contribution is 7.11. The summed E-state index contributed by atoms with van der Waals surface area (Å²) in [6, 6.07) is 10.7. The SMILES string of the molecule is CCc1nc(C2(NCCOC)CCN(Cc3ccccc3)C2)sc1C. The van der Waals surface area contributed by atoms with Gasteiger partial charge in [-0.1, -0.05) is 37.3 Å². The summed E-state index contributed by atoms with van der Waals surface area (Å²) in [5.41, 5.74) is 2.57. The van der Waals surface area contributed by atoms with Gasteiger partial charge in [0.15, 0.2) is 0 Å². The van der Waals surface area contributed by atoms with E-state index in [1.54, 1.807) is 7.11 Å². The van der Waals surface area contributed by atoms with Gasteiger partial charge in [-0.05, 0) is 25.3 Å². The zero-order chi connectivity index (χ0) is 17.7. The maximum Gasteiger partial charge on any atom is 0.115 e. The van der Waals surface area contributed by atoms with E-state index in [9.17, 15) is 0 Å². The number of aryl methyl sites for hydroxylation is 2. The lowest BCUT2D eigenvalue weighted by Crippen LogP contribution is -2.46. The zero-order valence-corrected chi connectivity index (χ0v) is 16.4. The Bertz CT molecular complexity index is 673. The Morgan fingerprint density at radius 1 is 1.32 bits per heavy atom.